The zero-order valence-corrected chi connectivity index (χ0v) is 14.5. The van der Waals surface area contributed by atoms with Crippen molar-refractivity contribution in [2.24, 2.45) is 0 Å². The molecule has 3 atom stereocenters. The number of nitrogens with zero attached hydrogens (tertiary/aromatic N) is 3. The van der Waals surface area contributed by atoms with Crippen LogP contribution in [-0.2, 0) is 4.74 Å². The van der Waals surface area contributed by atoms with E-state index in [1.165, 1.54) is 6.07 Å². The van der Waals surface area contributed by atoms with Gasteiger partial charge in [-0.1, -0.05) is 0 Å². The molecule has 2 saturated heterocycles. The van der Waals surface area contributed by atoms with Gasteiger partial charge in [-0.05, 0) is 38.5 Å². The lowest BCUT2D eigenvalue weighted by atomic mass is 10.1. The summed E-state index contributed by atoms with van der Waals surface area (Å²) in [6.07, 6.45) is 2.88. The maximum Gasteiger partial charge on any atom is 0.251 e. The smallest absolute Gasteiger partial charge is 0.251 e. The molecular weight excluding hydrogens is 323 g/mol. The highest BCUT2D eigenvalue weighted by Crippen LogP contribution is 2.24. The molecule has 0 aromatic heterocycles. The summed E-state index contributed by atoms with van der Waals surface area (Å²) in [5, 5.41) is 11.7. The van der Waals surface area contributed by atoms with Crippen LogP contribution in [0.15, 0.2) is 18.2 Å². The molecule has 1 aromatic carbocycles. The van der Waals surface area contributed by atoms with Crippen LogP contribution < -0.4 is 10.2 Å². The average Bonchev–Trinajstić information content (AvgIpc) is 3.01. The molecule has 1 unspecified atom stereocenters. The first-order valence-corrected chi connectivity index (χ1v) is 8.61. The van der Waals surface area contributed by atoms with Crippen molar-refractivity contribution in [2.75, 3.05) is 31.1 Å². The summed E-state index contributed by atoms with van der Waals surface area (Å²) in [4.78, 5) is 15.9. The minimum absolute atomic E-state index is 0.0385. The Balaban J connectivity index is 1.67. The van der Waals surface area contributed by atoms with Crippen LogP contribution in [0.1, 0.15) is 30.6 Å². The molecule has 134 valence electrons. The number of nitrogens with one attached hydrogen (secondary N) is 1. The number of amides is 1. The van der Waals surface area contributed by atoms with E-state index in [1.807, 2.05) is 18.7 Å². The van der Waals surface area contributed by atoms with Gasteiger partial charge in [-0.2, -0.15) is 5.26 Å². The number of nitriles is 1. The number of halogens is 1. The van der Waals surface area contributed by atoms with E-state index >= 15 is 0 Å². The number of rotatable bonds is 3. The number of hydrogen-bond donors (Lipinski definition) is 1. The second-order valence-electron chi connectivity index (χ2n) is 6.83. The predicted octanol–water partition coefficient (Wildman–Crippen LogP) is 1.72. The average molecular weight is 346 g/mol. The fourth-order valence-electron chi connectivity index (χ4n) is 3.52. The number of benzene rings is 1. The maximum absolute atomic E-state index is 14.6. The number of carbonyl (C=O) groups is 1. The van der Waals surface area contributed by atoms with Gasteiger partial charge >= 0.3 is 0 Å². The molecule has 1 amide bonds. The van der Waals surface area contributed by atoms with Gasteiger partial charge in [0.15, 0.2) is 6.19 Å². The molecule has 6 nitrogen and oxygen atoms in total. The highest BCUT2D eigenvalue weighted by atomic mass is 19.1. The third-order valence-electron chi connectivity index (χ3n) is 4.64. The van der Waals surface area contributed by atoms with Gasteiger partial charge in [-0.25, -0.2) is 4.39 Å². The molecule has 2 heterocycles. The molecule has 0 aliphatic carbocycles. The lowest BCUT2D eigenvalue weighted by Gasteiger charge is -2.37. The zero-order valence-electron chi connectivity index (χ0n) is 14.5. The summed E-state index contributed by atoms with van der Waals surface area (Å²) < 4.78 is 20.2. The summed E-state index contributed by atoms with van der Waals surface area (Å²) in [7, 11) is 0. The van der Waals surface area contributed by atoms with E-state index in [4.69, 9.17) is 10.00 Å². The summed E-state index contributed by atoms with van der Waals surface area (Å²) in [6.45, 7) is 6.33. The van der Waals surface area contributed by atoms with Gasteiger partial charge in [0.25, 0.3) is 5.91 Å². The van der Waals surface area contributed by atoms with Gasteiger partial charge in [-0.15, -0.1) is 0 Å². The van der Waals surface area contributed by atoms with Crippen LogP contribution in [-0.4, -0.2) is 55.2 Å². The highest BCUT2D eigenvalue weighted by Gasteiger charge is 2.26. The van der Waals surface area contributed by atoms with Crippen molar-refractivity contribution in [3.05, 3.63) is 29.6 Å². The van der Waals surface area contributed by atoms with Crippen LogP contribution in [0, 0.1) is 17.3 Å². The maximum atomic E-state index is 14.6. The highest BCUT2D eigenvalue weighted by molar-refractivity contribution is 5.94. The number of carbonyl (C=O) groups excluding carboxylic acids is 1. The molecule has 2 aliphatic rings. The van der Waals surface area contributed by atoms with Gasteiger partial charge in [0, 0.05) is 37.8 Å². The Labute approximate surface area is 147 Å². The van der Waals surface area contributed by atoms with Gasteiger partial charge in [0.05, 0.1) is 17.9 Å². The topological polar surface area (TPSA) is 68.6 Å². The van der Waals surface area contributed by atoms with Crippen molar-refractivity contribution in [1.82, 2.24) is 10.2 Å². The Morgan fingerprint density at radius 2 is 2.04 bits per heavy atom. The van der Waals surface area contributed by atoms with Crippen LogP contribution in [0.5, 0.6) is 0 Å². The van der Waals surface area contributed by atoms with Crippen LogP contribution in [0.4, 0.5) is 10.1 Å². The summed E-state index contributed by atoms with van der Waals surface area (Å²) >= 11 is 0. The monoisotopic (exact) mass is 346 g/mol. The summed E-state index contributed by atoms with van der Waals surface area (Å²) in [6, 6.07) is 4.52. The third kappa shape index (κ3) is 4.02. The van der Waals surface area contributed by atoms with E-state index in [0.29, 0.717) is 37.4 Å². The summed E-state index contributed by atoms with van der Waals surface area (Å²) in [5.74, 6) is -0.710. The standard InChI is InChI=1S/C18H23FN4O2/c1-12-8-23(9-13(2)25-12)17-4-3-14(7-16(17)19)18(24)21-15-5-6-22(10-15)11-20/h3-4,7,12-13,15H,5-6,8-10H2,1-2H3,(H,21,24)/t12-,13+,15?. The van der Waals surface area contributed by atoms with Crippen molar-refractivity contribution in [1.29, 1.82) is 5.26 Å². The second kappa shape index (κ2) is 7.28. The van der Waals surface area contributed by atoms with Crippen LogP contribution in [0.3, 0.4) is 0 Å². The largest absolute Gasteiger partial charge is 0.372 e. The first-order valence-electron chi connectivity index (χ1n) is 8.61. The van der Waals surface area contributed by atoms with Crippen molar-refractivity contribution < 1.29 is 13.9 Å². The number of likely N-dealkylation sites (tertiary alicyclic amines) is 1. The number of anilines is 1. The number of hydrogen-bond acceptors (Lipinski definition) is 5. The first-order chi connectivity index (χ1) is 12.0. The molecule has 2 aliphatic heterocycles. The van der Waals surface area contributed by atoms with Crippen molar-refractivity contribution in [3.8, 4) is 6.19 Å². The SMILES string of the molecule is C[C@@H]1CN(c2ccc(C(=O)NC3CCN(C#N)C3)cc2F)C[C@H](C)O1. The quantitative estimate of drug-likeness (QED) is 0.844. The minimum atomic E-state index is -0.404. The van der Waals surface area contributed by atoms with Crippen LogP contribution >= 0.6 is 0 Å². The fraction of sp³-hybridized carbons (Fsp3) is 0.556. The van der Waals surface area contributed by atoms with Gasteiger partial charge < -0.3 is 19.9 Å². The summed E-state index contributed by atoms with van der Waals surface area (Å²) in [5.41, 5.74) is 0.793. The Kier molecular flexibility index (Phi) is 5.09. The van der Waals surface area contributed by atoms with E-state index in [1.54, 1.807) is 17.0 Å². The predicted molar refractivity (Wildman–Crippen MR) is 91.7 cm³/mol. The number of ether oxygens (including phenoxy) is 1. The molecule has 0 radical (unpaired) electrons. The van der Waals surface area contributed by atoms with E-state index < -0.39 is 5.82 Å². The van der Waals surface area contributed by atoms with Gasteiger partial charge in [-0.3, -0.25) is 4.79 Å². The first kappa shape index (κ1) is 17.5. The third-order valence-corrected chi connectivity index (χ3v) is 4.64. The lowest BCUT2D eigenvalue weighted by molar-refractivity contribution is -0.00539. The van der Waals surface area contributed by atoms with Crippen molar-refractivity contribution in [3.63, 3.8) is 0 Å². The van der Waals surface area contributed by atoms with Crippen molar-refractivity contribution >= 4 is 11.6 Å². The molecule has 7 heteroatoms. The van der Waals surface area contributed by atoms with E-state index in [-0.39, 0.29) is 24.2 Å². The lowest BCUT2D eigenvalue weighted by Crippen LogP contribution is -2.45. The van der Waals surface area contributed by atoms with Gasteiger partial charge in [0.1, 0.15) is 5.82 Å². The molecule has 0 spiro atoms. The minimum Gasteiger partial charge on any atom is -0.372 e. The Bertz CT molecular complexity index is 680. The Hall–Kier alpha value is -2.33. The molecule has 0 saturated carbocycles. The fourth-order valence-corrected chi connectivity index (χ4v) is 3.52. The Morgan fingerprint density at radius 3 is 2.64 bits per heavy atom. The van der Waals surface area contributed by atoms with E-state index in [0.717, 1.165) is 6.42 Å². The zero-order chi connectivity index (χ0) is 18.0. The molecule has 3 rings (SSSR count). The number of morpholine rings is 1. The normalized spacial score (nSPS) is 26.4. The Morgan fingerprint density at radius 1 is 1.32 bits per heavy atom. The van der Waals surface area contributed by atoms with E-state index in [9.17, 15) is 9.18 Å². The molecule has 2 fully saturated rings. The second-order valence-corrected chi connectivity index (χ2v) is 6.83. The molecular formula is C18H23FN4O2. The molecule has 1 aromatic rings. The molecule has 25 heavy (non-hydrogen) atoms. The van der Waals surface area contributed by atoms with Crippen LogP contribution in [0.2, 0.25) is 0 Å². The molecule has 1 N–H and O–H groups in total. The van der Waals surface area contributed by atoms with E-state index in [2.05, 4.69) is 11.5 Å². The van der Waals surface area contributed by atoms with Crippen LogP contribution in [0.25, 0.3) is 0 Å². The van der Waals surface area contributed by atoms with Gasteiger partial charge in [0.2, 0.25) is 0 Å². The molecule has 0 bridgehead atoms. The van der Waals surface area contributed by atoms with Crippen molar-refractivity contribution in [2.45, 2.75) is 38.5 Å².